The number of aryl methyl sites for hydroxylation is 1. The molecule has 3 aliphatic rings. The Kier molecular flexibility index (Phi) is 10.9. The second-order valence-corrected chi connectivity index (χ2v) is 16.9. The summed E-state index contributed by atoms with van der Waals surface area (Å²) in [6, 6.07) is 16.6. The number of nitrogens with one attached hydrogen (secondary N) is 2. The summed E-state index contributed by atoms with van der Waals surface area (Å²) in [5.74, 6) is 1.30. The van der Waals surface area contributed by atoms with E-state index in [2.05, 4.69) is 65.1 Å². The van der Waals surface area contributed by atoms with Crippen molar-refractivity contribution in [2.24, 2.45) is 13.0 Å². The summed E-state index contributed by atoms with van der Waals surface area (Å²) >= 11 is 0. The van der Waals surface area contributed by atoms with Crippen molar-refractivity contribution in [3.63, 3.8) is 0 Å². The maximum Gasteiger partial charge on any atom is 0.278 e. The van der Waals surface area contributed by atoms with E-state index in [1.165, 1.54) is 16.9 Å². The van der Waals surface area contributed by atoms with Gasteiger partial charge in [0.15, 0.2) is 17.3 Å². The number of fused-ring (bicyclic) bond motifs is 2. The summed E-state index contributed by atoms with van der Waals surface area (Å²) in [6.07, 6.45) is 4.43. The number of piperidine rings is 1. The van der Waals surface area contributed by atoms with Crippen LogP contribution in [0.1, 0.15) is 38.8 Å². The Morgan fingerprint density at radius 1 is 0.968 bits per heavy atom. The lowest BCUT2D eigenvalue weighted by Gasteiger charge is -2.40. The molecule has 3 fully saturated rings. The van der Waals surface area contributed by atoms with Gasteiger partial charge < -0.3 is 35.5 Å². The van der Waals surface area contributed by atoms with Gasteiger partial charge in [-0.1, -0.05) is 12.1 Å². The van der Waals surface area contributed by atoms with Crippen molar-refractivity contribution in [1.82, 2.24) is 44.3 Å². The number of carbonyl (C=O) groups is 1. The minimum absolute atomic E-state index is 0.170. The van der Waals surface area contributed by atoms with E-state index < -0.39 is 12.0 Å². The molecule has 3 saturated heterocycles. The van der Waals surface area contributed by atoms with Gasteiger partial charge in [-0.15, -0.1) is 6.58 Å². The van der Waals surface area contributed by atoms with Crippen LogP contribution in [0.25, 0.3) is 27.8 Å². The summed E-state index contributed by atoms with van der Waals surface area (Å²) in [5, 5.41) is 32.7. The molecule has 4 aromatic heterocycles. The Morgan fingerprint density at radius 2 is 1.76 bits per heavy atom. The number of nitrogens with zero attached hydrogens (tertiary/aromatic N) is 11. The van der Waals surface area contributed by atoms with Crippen LogP contribution >= 0.6 is 0 Å². The van der Waals surface area contributed by atoms with Gasteiger partial charge in [0, 0.05) is 88.8 Å². The molecule has 6 aromatic rings. The van der Waals surface area contributed by atoms with Crippen molar-refractivity contribution < 1.29 is 19.4 Å². The molecule has 2 aromatic carbocycles. The third kappa shape index (κ3) is 7.96. The van der Waals surface area contributed by atoms with Crippen molar-refractivity contribution in [1.29, 1.82) is 0 Å². The first-order valence-electron chi connectivity index (χ1n) is 21.1. The van der Waals surface area contributed by atoms with E-state index in [1.807, 2.05) is 11.7 Å². The molecule has 324 valence electrons. The van der Waals surface area contributed by atoms with Gasteiger partial charge >= 0.3 is 0 Å². The number of aromatic nitrogens is 7. The Morgan fingerprint density at radius 3 is 2.48 bits per heavy atom. The fourth-order valence-corrected chi connectivity index (χ4v) is 8.87. The molecule has 7 heterocycles. The largest absolute Gasteiger partial charge is 0.384 e. The van der Waals surface area contributed by atoms with Crippen LogP contribution in [0.5, 0.6) is 0 Å². The molecule has 3 aliphatic heterocycles. The van der Waals surface area contributed by atoms with Crippen LogP contribution in [-0.2, 0) is 24.0 Å². The van der Waals surface area contributed by atoms with Gasteiger partial charge in [-0.05, 0) is 81.1 Å². The van der Waals surface area contributed by atoms with Crippen molar-refractivity contribution in [3.8, 4) is 5.82 Å². The summed E-state index contributed by atoms with van der Waals surface area (Å²) in [7, 11) is 1.90. The fourth-order valence-electron chi connectivity index (χ4n) is 8.87. The number of carbonyl (C=O) groups excluding carboxylic acids is 1. The lowest BCUT2D eigenvalue weighted by molar-refractivity contribution is -0.125. The number of piperazine rings is 1. The molecule has 0 aliphatic carbocycles. The first-order valence-corrected chi connectivity index (χ1v) is 21.1. The molecule has 0 bridgehead atoms. The average Bonchev–Trinajstić information content (AvgIpc) is 3.73. The van der Waals surface area contributed by atoms with E-state index in [4.69, 9.17) is 5.10 Å². The Labute approximate surface area is 357 Å². The zero-order chi connectivity index (χ0) is 43.3. The van der Waals surface area contributed by atoms with Crippen LogP contribution in [0.15, 0.2) is 78.2 Å². The Balaban J connectivity index is 0.804. The number of rotatable bonds is 11. The molecule has 1 unspecified atom stereocenters. The highest BCUT2D eigenvalue weighted by Crippen LogP contribution is 2.33. The highest BCUT2D eigenvalue weighted by molar-refractivity contribution is 5.93. The SMILES string of the molecule is C=CCn1c(=O)c2cnc(Nc3ccc(N4CCN(CC5CCN(c6ccc7c(N8CCC(=O)NC8O)nn(C)c7c6)CC5)CC4)c(F)c3)nc2n1-c1cccc(C(C)(C)O)n1. The molecular weight excluding hydrogens is 794 g/mol. The smallest absolute Gasteiger partial charge is 0.278 e. The quantitative estimate of drug-likeness (QED) is 0.139. The third-order valence-electron chi connectivity index (χ3n) is 12.2. The van der Waals surface area contributed by atoms with Gasteiger partial charge in [0.25, 0.3) is 5.56 Å². The van der Waals surface area contributed by atoms with Crippen LogP contribution in [0.4, 0.5) is 33.2 Å². The number of aliphatic hydroxyl groups is 2. The Hall–Kier alpha value is -6.37. The highest BCUT2D eigenvalue weighted by atomic mass is 19.1. The topological polar surface area (TPSA) is 178 Å². The first kappa shape index (κ1) is 41.0. The minimum atomic E-state index is -1.20. The molecule has 0 radical (unpaired) electrons. The maximum atomic E-state index is 15.8. The van der Waals surface area contributed by atoms with Gasteiger partial charge in [-0.25, -0.2) is 23.7 Å². The molecular formula is C44H52FN13O4. The number of hydrogen-bond acceptors (Lipinski definition) is 13. The summed E-state index contributed by atoms with van der Waals surface area (Å²) in [6.45, 7) is 13.8. The number of aliphatic hydroxyl groups excluding tert-OH is 1. The van der Waals surface area contributed by atoms with E-state index in [0.29, 0.717) is 53.2 Å². The third-order valence-corrected chi connectivity index (χ3v) is 12.2. The number of halogens is 1. The van der Waals surface area contributed by atoms with Crippen LogP contribution < -0.4 is 30.9 Å². The van der Waals surface area contributed by atoms with E-state index in [0.717, 1.165) is 75.2 Å². The first-order chi connectivity index (χ1) is 29.8. The second kappa shape index (κ2) is 16.5. The average molecular weight is 846 g/mol. The van der Waals surface area contributed by atoms with Gasteiger partial charge in [0.1, 0.15) is 16.8 Å². The van der Waals surface area contributed by atoms with E-state index in [1.54, 1.807) is 59.8 Å². The van der Waals surface area contributed by atoms with Crippen molar-refractivity contribution in [2.45, 2.75) is 51.6 Å². The lowest BCUT2D eigenvalue weighted by atomic mass is 9.95. The number of pyridine rings is 1. The molecule has 62 heavy (non-hydrogen) atoms. The Bertz CT molecular complexity index is 2710. The van der Waals surface area contributed by atoms with Gasteiger partial charge in [-0.2, -0.15) is 10.1 Å². The molecule has 0 spiro atoms. The molecule has 1 amide bonds. The molecule has 9 rings (SSSR count). The number of anilines is 5. The predicted octanol–water partition coefficient (Wildman–Crippen LogP) is 3.80. The maximum absolute atomic E-state index is 15.8. The van der Waals surface area contributed by atoms with Crippen LogP contribution in [-0.4, -0.2) is 114 Å². The molecule has 1 atom stereocenters. The fraction of sp³-hybridized carbons (Fsp3) is 0.409. The van der Waals surface area contributed by atoms with E-state index >= 15 is 4.39 Å². The van der Waals surface area contributed by atoms with E-state index in [-0.39, 0.29) is 35.2 Å². The number of allylic oxidation sites excluding steroid dienone is 1. The summed E-state index contributed by atoms with van der Waals surface area (Å²) < 4.78 is 20.6. The molecule has 18 heteroatoms. The zero-order valence-corrected chi connectivity index (χ0v) is 35.2. The molecule has 0 saturated carbocycles. The van der Waals surface area contributed by atoms with Crippen molar-refractivity contribution in [2.75, 3.05) is 72.4 Å². The standard InChI is InChI=1S/C44H52FN13O4/c1-5-16-57-41(60)32-26-46-42(50-39(32)58(57)37-8-6-7-36(48-37)44(2,3)62)47-29-9-12-34(33(45)24-29)55-22-20-53(21-23-55)27-28-13-17-54(18-14-28)30-10-11-31-35(25-30)52(4)51-40(31)56-19-15-38(59)49-43(56)61/h5-12,24-26,28,43,61-62H,1,13-23,27H2,2-4H3,(H,49,59)(H,46,47,50). The molecule has 4 N–H and O–H groups in total. The van der Waals surface area contributed by atoms with Crippen LogP contribution in [0.3, 0.4) is 0 Å². The monoisotopic (exact) mass is 845 g/mol. The summed E-state index contributed by atoms with van der Waals surface area (Å²) in [5.41, 5.74) is 2.36. The van der Waals surface area contributed by atoms with Crippen LogP contribution in [0, 0.1) is 11.7 Å². The summed E-state index contributed by atoms with van der Waals surface area (Å²) in [4.78, 5) is 47.6. The lowest BCUT2D eigenvalue weighted by Crippen LogP contribution is -2.54. The van der Waals surface area contributed by atoms with Crippen molar-refractivity contribution >= 4 is 56.7 Å². The number of amides is 1. The number of hydrogen-bond donors (Lipinski definition) is 4. The highest BCUT2D eigenvalue weighted by Gasteiger charge is 2.30. The van der Waals surface area contributed by atoms with Crippen molar-refractivity contribution in [3.05, 3.63) is 95.3 Å². The second-order valence-electron chi connectivity index (χ2n) is 16.9. The van der Waals surface area contributed by atoms with Gasteiger partial charge in [-0.3, -0.25) is 19.2 Å². The van der Waals surface area contributed by atoms with Gasteiger partial charge in [0.05, 0.1) is 23.4 Å². The van der Waals surface area contributed by atoms with E-state index in [9.17, 15) is 19.8 Å². The predicted molar refractivity (Wildman–Crippen MR) is 236 cm³/mol. The van der Waals surface area contributed by atoms with Crippen LogP contribution in [0.2, 0.25) is 0 Å². The van der Waals surface area contributed by atoms with Gasteiger partial charge in [0.2, 0.25) is 18.2 Å². The molecule has 17 nitrogen and oxygen atoms in total. The normalized spacial score (nSPS) is 18.2. The minimum Gasteiger partial charge on any atom is -0.384 e. The zero-order valence-electron chi connectivity index (χ0n) is 35.2. The number of benzene rings is 2.